The first-order chi connectivity index (χ1) is 10.1. The smallest absolute Gasteiger partial charge is 0.172 e. The third-order valence-electron chi connectivity index (χ3n) is 4.62. The molecule has 4 rings (SSSR count). The zero-order chi connectivity index (χ0) is 14.5. The van der Waals surface area contributed by atoms with Crippen molar-refractivity contribution in [1.29, 1.82) is 0 Å². The minimum atomic E-state index is -0.493. The third kappa shape index (κ3) is 1.94. The number of fused-ring (bicyclic) bond motifs is 4. The second kappa shape index (κ2) is 4.43. The molecule has 1 aliphatic carbocycles. The van der Waals surface area contributed by atoms with Gasteiger partial charge in [-0.15, -0.1) is 0 Å². The van der Waals surface area contributed by atoms with Gasteiger partial charge in [0.2, 0.25) is 0 Å². The molecule has 2 aromatic carbocycles. The van der Waals surface area contributed by atoms with Crippen LogP contribution in [0.5, 0.6) is 0 Å². The van der Waals surface area contributed by atoms with Crippen LogP contribution in [0.4, 0.5) is 0 Å². The molecule has 1 N–H and O–H groups in total. The van der Waals surface area contributed by atoms with Crippen LogP contribution in [0.15, 0.2) is 48.5 Å². The molecular weight excluding hydrogens is 258 g/mol. The molecule has 0 bridgehead atoms. The van der Waals surface area contributed by atoms with E-state index in [1.165, 1.54) is 22.3 Å². The summed E-state index contributed by atoms with van der Waals surface area (Å²) in [6.07, 6.45) is 2.14. The molecule has 2 aromatic rings. The lowest BCUT2D eigenvalue weighted by Crippen LogP contribution is -2.47. The molecule has 2 heteroatoms. The summed E-state index contributed by atoms with van der Waals surface area (Å²) < 4.78 is 6.42. The molecule has 1 fully saturated rings. The van der Waals surface area contributed by atoms with E-state index in [4.69, 9.17) is 4.74 Å². The molecule has 1 saturated heterocycles. The summed E-state index contributed by atoms with van der Waals surface area (Å²) in [7, 11) is 0. The highest BCUT2D eigenvalue weighted by Gasteiger charge is 2.48. The summed E-state index contributed by atoms with van der Waals surface area (Å²) in [6, 6.07) is 17.4. The van der Waals surface area contributed by atoms with Gasteiger partial charge in [0.05, 0.1) is 6.61 Å². The molecule has 1 spiro atoms. The Bertz CT molecular complexity index is 642. The van der Waals surface area contributed by atoms with Crippen molar-refractivity contribution in [2.24, 2.45) is 0 Å². The Morgan fingerprint density at radius 2 is 1.38 bits per heavy atom. The normalized spacial score (nSPS) is 21.6. The topological polar surface area (TPSA) is 21.3 Å². The summed E-state index contributed by atoms with van der Waals surface area (Å²) >= 11 is 0. The van der Waals surface area contributed by atoms with Gasteiger partial charge in [0, 0.05) is 16.7 Å². The van der Waals surface area contributed by atoms with E-state index in [0.29, 0.717) is 0 Å². The van der Waals surface area contributed by atoms with Crippen LogP contribution < -0.4 is 5.32 Å². The lowest BCUT2D eigenvalue weighted by molar-refractivity contribution is 0.0213. The predicted molar refractivity (Wildman–Crippen MR) is 84.2 cm³/mol. The molecule has 108 valence electrons. The maximum absolute atomic E-state index is 6.42. The fraction of sp³-hybridized carbons (Fsp3) is 0.368. The number of nitrogens with one attached hydrogen (secondary N) is 1. The zero-order valence-electron chi connectivity index (χ0n) is 12.6. The fourth-order valence-electron chi connectivity index (χ4n) is 3.71. The largest absolute Gasteiger partial charge is 0.350 e. The van der Waals surface area contributed by atoms with Gasteiger partial charge >= 0.3 is 0 Å². The van der Waals surface area contributed by atoms with Gasteiger partial charge in [-0.3, -0.25) is 5.32 Å². The molecule has 0 saturated carbocycles. The van der Waals surface area contributed by atoms with Gasteiger partial charge < -0.3 is 4.74 Å². The molecule has 0 unspecified atom stereocenters. The summed E-state index contributed by atoms with van der Waals surface area (Å²) in [5.74, 6) is 0. The molecule has 21 heavy (non-hydrogen) atoms. The Hall–Kier alpha value is -1.64. The molecule has 0 aromatic heterocycles. The molecule has 1 heterocycles. The summed E-state index contributed by atoms with van der Waals surface area (Å²) in [5.41, 5.74) is 4.82. The monoisotopic (exact) mass is 279 g/mol. The fourth-order valence-corrected chi connectivity index (χ4v) is 3.71. The van der Waals surface area contributed by atoms with Gasteiger partial charge in [0.1, 0.15) is 0 Å². The first-order valence-electron chi connectivity index (χ1n) is 7.71. The summed E-state index contributed by atoms with van der Waals surface area (Å²) in [6.45, 7) is 5.13. The Labute approximate surface area is 126 Å². The Balaban J connectivity index is 2.00. The molecule has 1 aliphatic heterocycles. The van der Waals surface area contributed by atoms with Crippen molar-refractivity contribution >= 4 is 0 Å². The van der Waals surface area contributed by atoms with Crippen LogP contribution >= 0.6 is 0 Å². The first-order valence-corrected chi connectivity index (χ1v) is 7.71. The SMILES string of the molecule is CC1(C)COC2(N1)c1ccccc1CCc1ccccc12. The maximum atomic E-state index is 6.42. The van der Waals surface area contributed by atoms with Gasteiger partial charge in [-0.05, 0) is 37.8 Å². The number of aryl methyl sites for hydroxylation is 2. The van der Waals surface area contributed by atoms with Crippen LogP contribution in [-0.2, 0) is 23.3 Å². The Morgan fingerprint density at radius 3 is 1.86 bits per heavy atom. The average Bonchev–Trinajstić information content (AvgIpc) is 2.75. The molecule has 0 amide bonds. The van der Waals surface area contributed by atoms with Crippen LogP contribution in [0.1, 0.15) is 36.1 Å². The average molecular weight is 279 g/mol. The van der Waals surface area contributed by atoms with E-state index in [-0.39, 0.29) is 5.54 Å². The second-order valence-electron chi connectivity index (χ2n) is 6.79. The van der Waals surface area contributed by atoms with E-state index in [0.717, 1.165) is 19.4 Å². The van der Waals surface area contributed by atoms with Crippen LogP contribution in [0, 0.1) is 0 Å². The van der Waals surface area contributed by atoms with Crippen LogP contribution in [0.25, 0.3) is 0 Å². The first kappa shape index (κ1) is 13.1. The van der Waals surface area contributed by atoms with Crippen molar-refractivity contribution < 1.29 is 4.74 Å². The number of hydrogen-bond acceptors (Lipinski definition) is 2. The molecule has 0 atom stereocenters. The van der Waals surface area contributed by atoms with E-state index < -0.39 is 5.72 Å². The van der Waals surface area contributed by atoms with Crippen molar-refractivity contribution in [3.8, 4) is 0 Å². The highest BCUT2D eigenvalue weighted by Crippen LogP contribution is 2.43. The quantitative estimate of drug-likeness (QED) is 0.798. The van der Waals surface area contributed by atoms with Gasteiger partial charge in [-0.2, -0.15) is 0 Å². The molecular formula is C19H21NO. The molecule has 0 radical (unpaired) electrons. The van der Waals surface area contributed by atoms with Crippen molar-refractivity contribution in [2.75, 3.05) is 6.61 Å². The van der Waals surface area contributed by atoms with Crippen LogP contribution in [0.2, 0.25) is 0 Å². The summed E-state index contributed by atoms with van der Waals surface area (Å²) in [5, 5.41) is 3.78. The van der Waals surface area contributed by atoms with E-state index in [1.54, 1.807) is 0 Å². The zero-order valence-corrected chi connectivity index (χ0v) is 12.6. The third-order valence-corrected chi connectivity index (χ3v) is 4.62. The van der Waals surface area contributed by atoms with Gasteiger partial charge in [0.15, 0.2) is 5.72 Å². The maximum Gasteiger partial charge on any atom is 0.172 e. The Morgan fingerprint density at radius 1 is 0.857 bits per heavy atom. The Kier molecular flexibility index (Phi) is 2.75. The van der Waals surface area contributed by atoms with Crippen molar-refractivity contribution in [2.45, 2.75) is 38.0 Å². The lowest BCUT2D eigenvalue weighted by atomic mass is 9.90. The van der Waals surface area contributed by atoms with E-state index in [9.17, 15) is 0 Å². The minimum Gasteiger partial charge on any atom is -0.350 e. The highest BCUT2D eigenvalue weighted by atomic mass is 16.5. The summed E-state index contributed by atoms with van der Waals surface area (Å²) in [4.78, 5) is 0. The van der Waals surface area contributed by atoms with E-state index in [2.05, 4.69) is 67.7 Å². The second-order valence-corrected chi connectivity index (χ2v) is 6.79. The standard InChI is InChI=1S/C19H21NO/c1-18(2)13-21-19(20-18)16-9-5-3-7-14(16)11-12-15-8-4-6-10-17(15)19/h3-10,20H,11-13H2,1-2H3. The number of benzene rings is 2. The van der Waals surface area contributed by atoms with Crippen molar-refractivity contribution in [3.63, 3.8) is 0 Å². The van der Waals surface area contributed by atoms with E-state index >= 15 is 0 Å². The predicted octanol–water partition coefficient (Wildman–Crippen LogP) is 3.38. The van der Waals surface area contributed by atoms with Crippen LogP contribution in [-0.4, -0.2) is 12.1 Å². The number of hydrogen-bond donors (Lipinski definition) is 1. The van der Waals surface area contributed by atoms with Gasteiger partial charge in [-0.1, -0.05) is 48.5 Å². The van der Waals surface area contributed by atoms with Crippen molar-refractivity contribution in [3.05, 3.63) is 70.8 Å². The molecule has 2 aliphatic rings. The number of ether oxygens (including phenoxy) is 1. The van der Waals surface area contributed by atoms with Crippen LogP contribution in [0.3, 0.4) is 0 Å². The lowest BCUT2D eigenvalue weighted by Gasteiger charge is -2.33. The van der Waals surface area contributed by atoms with E-state index in [1.807, 2.05) is 0 Å². The highest BCUT2D eigenvalue weighted by molar-refractivity contribution is 5.48. The molecule has 2 nitrogen and oxygen atoms in total. The number of rotatable bonds is 0. The van der Waals surface area contributed by atoms with Crippen molar-refractivity contribution in [1.82, 2.24) is 5.32 Å². The van der Waals surface area contributed by atoms with Gasteiger partial charge in [-0.25, -0.2) is 0 Å². The minimum absolute atomic E-state index is 0.0233. The van der Waals surface area contributed by atoms with Gasteiger partial charge in [0.25, 0.3) is 0 Å².